The normalized spacial score (nSPS) is 11.9. The summed E-state index contributed by atoms with van der Waals surface area (Å²) in [4.78, 5) is 23.6. The predicted octanol–water partition coefficient (Wildman–Crippen LogP) is 5.03. The number of carbonyl (C=O) groups excluding carboxylic acids is 1. The fraction of sp³-hybridized carbons (Fsp3) is 0.364. The summed E-state index contributed by atoms with van der Waals surface area (Å²) in [6.07, 6.45) is -1.76. The molecule has 0 fully saturated rings. The van der Waals surface area contributed by atoms with Crippen molar-refractivity contribution in [2.24, 2.45) is 0 Å². The van der Waals surface area contributed by atoms with Gasteiger partial charge in [-0.25, -0.2) is 9.59 Å². The molecule has 0 saturated heterocycles. The molecule has 0 unspecified atom stereocenters. The maximum Gasteiger partial charge on any atom is 0.412 e. The van der Waals surface area contributed by atoms with Gasteiger partial charge in [-0.3, -0.25) is 0 Å². The van der Waals surface area contributed by atoms with Crippen molar-refractivity contribution >= 4 is 12.2 Å². The van der Waals surface area contributed by atoms with E-state index in [2.05, 4.69) is 10.6 Å². The second kappa shape index (κ2) is 9.78. The number of nitrogens with one attached hydrogen (secondary N) is 2. The number of carboxylic acid groups (broad SMARTS) is 1. The van der Waals surface area contributed by atoms with Gasteiger partial charge < -0.3 is 20.5 Å². The second-order valence-corrected chi connectivity index (χ2v) is 7.26. The van der Waals surface area contributed by atoms with Crippen molar-refractivity contribution in [1.82, 2.24) is 10.6 Å². The van der Waals surface area contributed by atoms with E-state index in [-0.39, 0.29) is 18.4 Å². The van der Waals surface area contributed by atoms with Gasteiger partial charge in [0.15, 0.2) is 0 Å². The van der Waals surface area contributed by atoms with Crippen LogP contribution in [0.1, 0.15) is 62.3 Å². The molecule has 1 atom stereocenters. The molecule has 150 valence electrons. The van der Waals surface area contributed by atoms with Crippen LogP contribution in [0.3, 0.4) is 0 Å². The van der Waals surface area contributed by atoms with Crippen LogP contribution in [0.4, 0.5) is 9.59 Å². The molecular weight excluding hydrogens is 356 g/mol. The largest absolute Gasteiger partial charge is 0.465 e. The number of benzene rings is 2. The van der Waals surface area contributed by atoms with E-state index in [9.17, 15) is 9.59 Å². The lowest BCUT2D eigenvalue weighted by atomic mass is 9.94. The first-order chi connectivity index (χ1) is 13.3. The number of hydrogen-bond donors (Lipinski definition) is 3. The van der Waals surface area contributed by atoms with Crippen LogP contribution in [0.25, 0.3) is 0 Å². The van der Waals surface area contributed by atoms with Crippen LogP contribution in [0.5, 0.6) is 5.75 Å². The average Bonchev–Trinajstić information content (AvgIpc) is 2.65. The van der Waals surface area contributed by atoms with Gasteiger partial charge in [-0.05, 0) is 28.5 Å². The topological polar surface area (TPSA) is 87.7 Å². The van der Waals surface area contributed by atoms with Gasteiger partial charge in [0.05, 0.1) is 6.04 Å². The molecule has 6 nitrogen and oxygen atoms in total. The molecule has 0 spiro atoms. The summed E-state index contributed by atoms with van der Waals surface area (Å²) in [6.45, 7) is 8.27. The smallest absolute Gasteiger partial charge is 0.412 e. The summed E-state index contributed by atoms with van der Waals surface area (Å²) in [6, 6.07) is 14.4. The number of carbonyl (C=O) groups is 2. The van der Waals surface area contributed by atoms with E-state index in [1.807, 2.05) is 64.1 Å². The molecule has 2 aromatic carbocycles. The van der Waals surface area contributed by atoms with Crippen LogP contribution < -0.4 is 15.4 Å². The molecule has 0 heterocycles. The third-order valence-electron chi connectivity index (χ3n) is 4.46. The summed E-state index contributed by atoms with van der Waals surface area (Å²) in [5, 5.41) is 14.2. The van der Waals surface area contributed by atoms with E-state index in [4.69, 9.17) is 9.84 Å². The highest BCUT2D eigenvalue weighted by Crippen LogP contribution is 2.34. The van der Waals surface area contributed by atoms with Crippen molar-refractivity contribution in [1.29, 1.82) is 0 Å². The van der Waals surface area contributed by atoms with Gasteiger partial charge in [-0.1, -0.05) is 76.2 Å². The number of amides is 2. The molecule has 28 heavy (non-hydrogen) atoms. The third kappa shape index (κ3) is 5.74. The van der Waals surface area contributed by atoms with Crippen molar-refractivity contribution in [3.05, 3.63) is 65.2 Å². The molecule has 3 N–H and O–H groups in total. The zero-order chi connectivity index (χ0) is 20.7. The summed E-state index contributed by atoms with van der Waals surface area (Å²) in [5.74, 6) is 0.979. The van der Waals surface area contributed by atoms with Gasteiger partial charge in [-0.15, -0.1) is 0 Å². The van der Waals surface area contributed by atoms with Gasteiger partial charge in [0, 0.05) is 6.54 Å². The number of ether oxygens (including phenoxy) is 1. The van der Waals surface area contributed by atoms with Gasteiger partial charge in [0.1, 0.15) is 5.75 Å². The Labute approximate surface area is 165 Å². The van der Waals surface area contributed by atoms with E-state index in [1.54, 1.807) is 12.1 Å². The van der Waals surface area contributed by atoms with Gasteiger partial charge >= 0.3 is 12.2 Å². The number of para-hydroxylation sites is 1. The zero-order valence-corrected chi connectivity index (χ0v) is 16.7. The third-order valence-corrected chi connectivity index (χ3v) is 4.46. The van der Waals surface area contributed by atoms with Crippen LogP contribution in [0, 0.1) is 0 Å². The van der Waals surface area contributed by atoms with Gasteiger partial charge in [0.2, 0.25) is 0 Å². The van der Waals surface area contributed by atoms with Crippen LogP contribution in [-0.2, 0) is 0 Å². The molecule has 2 amide bonds. The van der Waals surface area contributed by atoms with E-state index < -0.39 is 18.2 Å². The Bertz CT molecular complexity index is 777. The van der Waals surface area contributed by atoms with Crippen LogP contribution in [0.2, 0.25) is 0 Å². The van der Waals surface area contributed by atoms with Crippen molar-refractivity contribution in [2.45, 2.75) is 45.6 Å². The number of rotatable bonds is 7. The highest BCUT2D eigenvalue weighted by Gasteiger charge is 2.20. The van der Waals surface area contributed by atoms with Crippen LogP contribution in [0.15, 0.2) is 48.5 Å². The maximum absolute atomic E-state index is 12.5. The van der Waals surface area contributed by atoms with Crippen molar-refractivity contribution in [2.75, 3.05) is 6.54 Å². The monoisotopic (exact) mass is 384 g/mol. The molecule has 0 bridgehead atoms. The summed E-state index contributed by atoms with van der Waals surface area (Å²) < 4.78 is 5.67. The average molecular weight is 384 g/mol. The van der Waals surface area contributed by atoms with Crippen LogP contribution >= 0.6 is 0 Å². The summed E-state index contributed by atoms with van der Waals surface area (Å²) >= 11 is 0. The molecule has 6 heteroatoms. The van der Waals surface area contributed by atoms with Crippen LogP contribution in [-0.4, -0.2) is 23.8 Å². The summed E-state index contributed by atoms with van der Waals surface area (Å²) in [7, 11) is 0. The molecule has 0 aromatic heterocycles. The fourth-order valence-corrected chi connectivity index (χ4v) is 3.00. The lowest BCUT2D eigenvalue weighted by molar-refractivity contribution is 0.185. The molecule has 0 aliphatic rings. The molecule has 0 saturated carbocycles. The van der Waals surface area contributed by atoms with E-state index in [1.165, 1.54) is 0 Å². The van der Waals surface area contributed by atoms with Gasteiger partial charge in [0.25, 0.3) is 0 Å². The Hall–Kier alpha value is -3.02. The first-order valence-corrected chi connectivity index (χ1v) is 9.42. The zero-order valence-electron chi connectivity index (χ0n) is 16.7. The van der Waals surface area contributed by atoms with Crippen molar-refractivity contribution < 1.29 is 19.4 Å². The minimum Gasteiger partial charge on any atom is -0.465 e. The van der Waals surface area contributed by atoms with E-state index in [0.29, 0.717) is 5.75 Å². The Morgan fingerprint density at radius 1 is 0.929 bits per heavy atom. The second-order valence-electron chi connectivity index (χ2n) is 7.26. The summed E-state index contributed by atoms with van der Waals surface area (Å²) in [5.41, 5.74) is 2.69. The fourth-order valence-electron chi connectivity index (χ4n) is 3.00. The lowest BCUT2D eigenvalue weighted by Gasteiger charge is -2.21. The first kappa shape index (κ1) is 21.3. The molecular formula is C22H28N2O4. The molecule has 2 aromatic rings. The lowest BCUT2D eigenvalue weighted by Crippen LogP contribution is -2.38. The maximum atomic E-state index is 12.5. The number of hydrogen-bond acceptors (Lipinski definition) is 3. The Balaban J connectivity index is 2.14. The Kier molecular flexibility index (Phi) is 7.44. The van der Waals surface area contributed by atoms with Crippen molar-refractivity contribution in [3.63, 3.8) is 0 Å². The predicted molar refractivity (Wildman–Crippen MR) is 109 cm³/mol. The van der Waals surface area contributed by atoms with E-state index in [0.717, 1.165) is 16.7 Å². The standard InChI is InChI=1S/C22H28N2O4/c1-14(2)17-11-8-12-18(15(3)4)20(17)28-22(27)23-13-19(24-21(25)26)16-9-6-5-7-10-16/h5-12,14-15,19,24H,13H2,1-4H3,(H,23,27)(H,25,26)/t19-/m0/s1. The SMILES string of the molecule is CC(C)c1cccc(C(C)C)c1OC(=O)NC[C@H](NC(=O)O)c1ccccc1. The molecule has 0 aliphatic heterocycles. The van der Waals surface area contributed by atoms with Crippen molar-refractivity contribution in [3.8, 4) is 5.75 Å². The first-order valence-electron chi connectivity index (χ1n) is 9.42. The Morgan fingerprint density at radius 3 is 2.00 bits per heavy atom. The Morgan fingerprint density at radius 2 is 1.50 bits per heavy atom. The van der Waals surface area contributed by atoms with Gasteiger partial charge in [-0.2, -0.15) is 0 Å². The quantitative estimate of drug-likeness (QED) is 0.625. The highest BCUT2D eigenvalue weighted by molar-refractivity contribution is 5.72. The highest BCUT2D eigenvalue weighted by atomic mass is 16.6. The minimum atomic E-state index is -1.16. The van der Waals surface area contributed by atoms with E-state index >= 15 is 0 Å². The molecule has 0 aliphatic carbocycles. The minimum absolute atomic E-state index is 0.0794. The molecule has 0 radical (unpaired) electrons. The molecule has 2 rings (SSSR count).